The van der Waals surface area contributed by atoms with E-state index < -0.39 is 17.7 Å². The monoisotopic (exact) mass is 272 g/mol. The van der Waals surface area contributed by atoms with Crippen molar-refractivity contribution in [2.75, 3.05) is 0 Å². The molecule has 0 amide bonds. The molecule has 1 N–H and O–H groups in total. The Morgan fingerprint density at radius 1 is 1.22 bits per heavy atom. The lowest BCUT2D eigenvalue weighted by molar-refractivity contribution is -0.137. The molecule has 0 radical (unpaired) electrons. The fourth-order valence-electron chi connectivity index (χ4n) is 1.56. The third-order valence-electron chi connectivity index (χ3n) is 2.36. The van der Waals surface area contributed by atoms with Gasteiger partial charge < -0.3 is 5.11 Å². The molecule has 94 valence electrons. The second-order valence-electron chi connectivity index (χ2n) is 3.54. The lowest BCUT2D eigenvalue weighted by atomic mass is 10.0. The molecule has 2 nitrogen and oxygen atoms in total. The normalized spacial score (nSPS) is 11.5. The van der Waals surface area contributed by atoms with Crippen LogP contribution in [0.2, 0.25) is 0 Å². The van der Waals surface area contributed by atoms with Gasteiger partial charge in [-0.3, -0.25) is 0 Å². The SMILES string of the molecule is O=C(O)c1ccc(-c2cccs2)c(C(F)(F)F)c1. The van der Waals surface area contributed by atoms with Gasteiger partial charge in [0.2, 0.25) is 0 Å². The molecule has 0 aliphatic heterocycles. The number of alkyl halides is 3. The lowest BCUT2D eigenvalue weighted by Crippen LogP contribution is -2.09. The maximum absolute atomic E-state index is 12.9. The fraction of sp³-hybridized carbons (Fsp3) is 0.0833. The van der Waals surface area contributed by atoms with Crippen molar-refractivity contribution in [3.05, 3.63) is 46.8 Å². The molecule has 6 heteroatoms. The molecule has 0 spiro atoms. The largest absolute Gasteiger partial charge is 0.478 e. The molecule has 1 heterocycles. The van der Waals surface area contributed by atoms with Crippen LogP contribution in [-0.2, 0) is 6.18 Å². The number of hydrogen-bond acceptors (Lipinski definition) is 2. The molecule has 18 heavy (non-hydrogen) atoms. The molecule has 2 aromatic rings. The number of rotatable bonds is 2. The van der Waals surface area contributed by atoms with E-state index in [0.717, 1.165) is 0 Å². The molecule has 1 aromatic carbocycles. The molecular formula is C12H7F3O2S. The van der Waals surface area contributed by atoms with Crippen LogP contribution in [0, 0.1) is 0 Å². The summed E-state index contributed by atoms with van der Waals surface area (Å²) in [4.78, 5) is 11.2. The van der Waals surface area contributed by atoms with Crippen molar-refractivity contribution in [3.63, 3.8) is 0 Å². The summed E-state index contributed by atoms with van der Waals surface area (Å²) in [5, 5.41) is 10.4. The average molecular weight is 272 g/mol. The van der Waals surface area contributed by atoms with E-state index in [0.29, 0.717) is 10.9 Å². The van der Waals surface area contributed by atoms with Crippen LogP contribution in [0.5, 0.6) is 0 Å². The van der Waals surface area contributed by atoms with Crippen LogP contribution in [0.25, 0.3) is 10.4 Å². The predicted octanol–water partition coefficient (Wildman–Crippen LogP) is 4.13. The van der Waals surface area contributed by atoms with Crippen LogP contribution >= 0.6 is 11.3 Å². The second kappa shape index (κ2) is 4.45. The van der Waals surface area contributed by atoms with E-state index in [1.54, 1.807) is 17.5 Å². The van der Waals surface area contributed by atoms with E-state index in [1.807, 2.05) is 0 Å². The van der Waals surface area contributed by atoms with E-state index in [2.05, 4.69) is 0 Å². The fourth-order valence-corrected chi connectivity index (χ4v) is 2.32. The average Bonchev–Trinajstić information content (AvgIpc) is 2.80. The van der Waals surface area contributed by atoms with Gasteiger partial charge in [-0.1, -0.05) is 12.1 Å². The predicted molar refractivity (Wildman–Crippen MR) is 61.7 cm³/mol. The molecular weight excluding hydrogens is 265 g/mol. The molecule has 2 rings (SSSR count). The number of carboxylic acid groups (broad SMARTS) is 1. The van der Waals surface area contributed by atoms with Gasteiger partial charge >= 0.3 is 12.1 Å². The highest BCUT2D eigenvalue weighted by molar-refractivity contribution is 7.13. The van der Waals surface area contributed by atoms with Gasteiger partial charge in [-0.25, -0.2) is 4.79 Å². The molecule has 0 aliphatic rings. The first-order valence-corrected chi connectivity index (χ1v) is 5.76. The number of benzene rings is 1. The lowest BCUT2D eigenvalue weighted by Gasteiger charge is -2.12. The number of thiophene rings is 1. The summed E-state index contributed by atoms with van der Waals surface area (Å²) >= 11 is 1.17. The Hall–Kier alpha value is -1.82. The molecule has 1 aromatic heterocycles. The van der Waals surface area contributed by atoms with Gasteiger partial charge in [0.1, 0.15) is 0 Å². The summed E-state index contributed by atoms with van der Waals surface area (Å²) in [5.74, 6) is -1.38. The van der Waals surface area contributed by atoms with Gasteiger partial charge in [-0.2, -0.15) is 13.2 Å². The van der Waals surface area contributed by atoms with Gasteiger partial charge in [-0.15, -0.1) is 11.3 Å². The van der Waals surface area contributed by atoms with Gasteiger partial charge in [0.15, 0.2) is 0 Å². The quantitative estimate of drug-likeness (QED) is 0.892. The summed E-state index contributed by atoms with van der Waals surface area (Å²) in [6, 6.07) is 6.24. The first kappa shape index (κ1) is 12.6. The Bertz CT molecular complexity index is 574. The van der Waals surface area contributed by atoms with Gasteiger partial charge in [0.05, 0.1) is 11.1 Å². The zero-order valence-corrected chi connectivity index (χ0v) is 9.68. The summed E-state index contributed by atoms with van der Waals surface area (Å²) in [6.07, 6.45) is -4.58. The number of aromatic carboxylic acids is 1. The van der Waals surface area contributed by atoms with Crippen molar-refractivity contribution in [1.82, 2.24) is 0 Å². The van der Waals surface area contributed by atoms with Crippen LogP contribution in [0.4, 0.5) is 13.2 Å². The smallest absolute Gasteiger partial charge is 0.417 e. The van der Waals surface area contributed by atoms with E-state index >= 15 is 0 Å². The number of carbonyl (C=O) groups is 1. The zero-order valence-electron chi connectivity index (χ0n) is 8.86. The number of carboxylic acids is 1. The van der Waals surface area contributed by atoms with Crippen LogP contribution in [0.15, 0.2) is 35.7 Å². The summed E-state index contributed by atoms with van der Waals surface area (Å²) < 4.78 is 38.7. The van der Waals surface area contributed by atoms with Crippen molar-refractivity contribution >= 4 is 17.3 Å². The van der Waals surface area contributed by atoms with E-state index in [4.69, 9.17) is 5.11 Å². The minimum Gasteiger partial charge on any atom is -0.478 e. The van der Waals surface area contributed by atoms with Gasteiger partial charge in [0, 0.05) is 10.4 Å². The van der Waals surface area contributed by atoms with E-state index in [1.165, 1.54) is 23.5 Å². The summed E-state index contributed by atoms with van der Waals surface area (Å²) in [5.41, 5.74) is -1.30. The van der Waals surface area contributed by atoms with E-state index in [9.17, 15) is 18.0 Å². The van der Waals surface area contributed by atoms with Crippen LogP contribution in [-0.4, -0.2) is 11.1 Å². The zero-order chi connectivity index (χ0) is 13.3. The third-order valence-corrected chi connectivity index (χ3v) is 3.26. The standard InChI is InChI=1S/C12H7F3O2S/c13-12(14,15)9-6-7(11(16)17)3-4-8(9)10-2-1-5-18-10/h1-6H,(H,16,17). The highest BCUT2D eigenvalue weighted by Crippen LogP contribution is 2.39. The summed E-state index contributed by atoms with van der Waals surface area (Å²) in [6.45, 7) is 0. The highest BCUT2D eigenvalue weighted by atomic mass is 32.1. The Morgan fingerprint density at radius 3 is 2.44 bits per heavy atom. The van der Waals surface area contributed by atoms with Crippen molar-refractivity contribution in [2.24, 2.45) is 0 Å². The molecule has 0 saturated carbocycles. The maximum Gasteiger partial charge on any atom is 0.417 e. The maximum atomic E-state index is 12.9. The van der Waals surface area contributed by atoms with Gasteiger partial charge in [0.25, 0.3) is 0 Å². The van der Waals surface area contributed by atoms with Crippen molar-refractivity contribution in [2.45, 2.75) is 6.18 Å². The number of hydrogen-bond donors (Lipinski definition) is 1. The third kappa shape index (κ3) is 2.38. The first-order chi connectivity index (χ1) is 8.39. The molecule has 0 fully saturated rings. The van der Waals surface area contributed by atoms with Crippen LogP contribution in [0.3, 0.4) is 0 Å². The highest BCUT2D eigenvalue weighted by Gasteiger charge is 2.34. The Kier molecular flexibility index (Phi) is 3.13. The topological polar surface area (TPSA) is 37.3 Å². The molecule has 0 bridgehead atoms. The Morgan fingerprint density at radius 2 is 1.94 bits per heavy atom. The van der Waals surface area contributed by atoms with Crippen molar-refractivity contribution in [3.8, 4) is 10.4 Å². The Labute approximate surface area is 104 Å². The first-order valence-electron chi connectivity index (χ1n) is 4.88. The molecule has 0 aliphatic carbocycles. The minimum absolute atomic E-state index is 0.00231. The molecule has 0 atom stereocenters. The van der Waals surface area contributed by atoms with Crippen LogP contribution < -0.4 is 0 Å². The molecule has 0 saturated heterocycles. The number of halogens is 3. The van der Waals surface area contributed by atoms with Gasteiger partial charge in [-0.05, 0) is 23.6 Å². The van der Waals surface area contributed by atoms with Crippen molar-refractivity contribution in [1.29, 1.82) is 0 Å². The molecule has 0 unspecified atom stereocenters. The van der Waals surface area contributed by atoms with Crippen LogP contribution in [0.1, 0.15) is 15.9 Å². The van der Waals surface area contributed by atoms with Crippen molar-refractivity contribution < 1.29 is 23.1 Å². The van der Waals surface area contributed by atoms with E-state index in [-0.39, 0.29) is 11.1 Å². The Balaban J connectivity index is 2.64. The summed E-state index contributed by atoms with van der Waals surface area (Å²) in [7, 11) is 0. The minimum atomic E-state index is -4.58. The second-order valence-corrected chi connectivity index (χ2v) is 4.49.